The van der Waals surface area contributed by atoms with Crippen molar-refractivity contribution in [1.82, 2.24) is 15.2 Å². The number of carbonyl (C=O) groups excluding carboxylic acids is 1. The molecule has 6 heteroatoms. The molecule has 0 radical (unpaired) electrons. The molecule has 1 aliphatic rings. The van der Waals surface area contributed by atoms with Gasteiger partial charge in [-0.2, -0.15) is 0 Å². The molecule has 2 atom stereocenters. The van der Waals surface area contributed by atoms with Crippen molar-refractivity contribution in [2.45, 2.75) is 32.7 Å². The molecule has 1 aromatic heterocycles. The summed E-state index contributed by atoms with van der Waals surface area (Å²) in [5.74, 6) is -1.28. The van der Waals surface area contributed by atoms with Gasteiger partial charge in [-0.25, -0.2) is 4.79 Å². The molecule has 21 heavy (non-hydrogen) atoms. The van der Waals surface area contributed by atoms with Crippen molar-refractivity contribution >= 4 is 12.0 Å². The maximum absolute atomic E-state index is 12.2. The number of hydrogen-bond acceptors (Lipinski definition) is 3. The molecular weight excluding hydrogens is 270 g/mol. The van der Waals surface area contributed by atoms with Crippen LogP contribution in [0.2, 0.25) is 0 Å². The first kappa shape index (κ1) is 15.3. The fourth-order valence-corrected chi connectivity index (χ4v) is 2.66. The van der Waals surface area contributed by atoms with Crippen LogP contribution in [0.25, 0.3) is 0 Å². The Balaban J connectivity index is 1.98. The Labute approximate surface area is 124 Å². The second-order valence-electron chi connectivity index (χ2n) is 5.37. The van der Waals surface area contributed by atoms with Gasteiger partial charge in [0.05, 0.1) is 12.0 Å². The molecule has 6 nitrogen and oxygen atoms in total. The number of nitrogens with one attached hydrogen (secondary N) is 1. The van der Waals surface area contributed by atoms with E-state index in [0.717, 1.165) is 17.5 Å². The van der Waals surface area contributed by atoms with Crippen LogP contribution < -0.4 is 5.32 Å². The molecule has 2 heterocycles. The Morgan fingerprint density at radius 3 is 2.95 bits per heavy atom. The van der Waals surface area contributed by atoms with Crippen LogP contribution >= 0.6 is 0 Å². The van der Waals surface area contributed by atoms with Gasteiger partial charge in [-0.05, 0) is 37.0 Å². The molecule has 0 saturated carbocycles. The Bertz CT molecular complexity index is 533. The number of carboxylic acid groups (broad SMARTS) is 1. The van der Waals surface area contributed by atoms with Gasteiger partial charge in [0.2, 0.25) is 0 Å². The minimum atomic E-state index is -0.833. The number of likely N-dealkylation sites (tertiary alicyclic amines) is 1. The van der Waals surface area contributed by atoms with E-state index in [1.807, 2.05) is 26.1 Å². The van der Waals surface area contributed by atoms with Gasteiger partial charge in [-0.1, -0.05) is 6.92 Å². The number of rotatable bonds is 4. The second-order valence-corrected chi connectivity index (χ2v) is 5.37. The Morgan fingerprint density at radius 2 is 2.33 bits per heavy atom. The molecule has 0 aliphatic carbocycles. The van der Waals surface area contributed by atoms with Crippen LogP contribution in [0.1, 0.15) is 37.4 Å². The molecule has 1 aromatic rings. The van der Waals surface area contributed by atoms with Gasteiger partial charge >= 0.3 is 12.0 Å². The van der Waals surface area contributed by atoms with Crippen molar-refractivity contribution in [1.29, 1.82) is 0 Å². The SMILES string of the molecule is CCc1cnccc1C(C)NC(=O)N1CCC(C(=O)O)C1. The average Bonchev–Trinajstić information content (AvgIpc) is 2.97. The van der Waals surface area contributed by atoms with E-state index in [9.17, 15) is 9.59 Å². The summed E-state index contributed by atoms with van der Waals surface area (Å²) < 4.78 is 0. The molecule has 0 spiro atoms. The summed E-state index contributed by atoms with van der Waals surface area (Å²) in [5, 5.41) is 11.9. The molecule has 2 amide bonds. The molecule has 1 fully saturated rings. The van der Waals surface area contributed by atoms with Crippen molar-refractivity contribution in [2.75, 3.05) is 13.1 Å². The van der Waals surface area contributed by atoms with Crippen molar-refractivity contribution < 1.29 is 14.7 Å². The topological polar surface area (TPSA) is 82.5 Å². The van der Waals surface area contributed by atoms with Gasteiger partial charge < -0.3 is 15.3 Å². The summed E-state index contributed by atoms with van der Waals surface area (Å²) in [6.45, 7) is 4.75. The van der Waals surface area contributed by atoms with Crippen molar-refractivity contribution in [3.63, 3.8) is 0 Å². The van der Waals surface area contributed by atoms with E-state index in [1.54, 1.807) is 11.1 Å². The normalized spacial score (nSPS) is 19.3. The largest absolute Gasteiger partial charge is 0.481 e. The van der Waals surface area contributed by atoms with Crippen LogP contribution in [0.15, 0.2) is 18.5 Å². The highest BCUT2D eigenvalue weighted by Gasteiger charge is 2.31. The van der Waals surface area contributed by atoms with Crippen molar-refractivity contribution in [3.8, 4) is 0 Å². The van der Waals surface area contributed by atoms with Crippen LogP contribution in [0.3, 0.4) is 0 Å². The first-order chi connectivity index (χ1) is 10.0. The van der Waals surface area contributed by atoms with E-state index in [1.165, 1.54) is 0 Å². The number of pyridine rings is 1. The van der Waals surface area contributed by atoms with Gasteiger partial charge in [-0.15, -0.1) is 0 Å². The molecule has 0 bridgehead atoms. The van der Waals surface area contributed by atoms with E-state index in [-0.39, 0.29) is 18.6 Å². The predicted octanol–water partition coefficient (Wildman–Crippen LogP) is 1.82. The third kappa shape index (κ3) is 3.51. The molecule has 2 unspecified atom stereocenters. The lowest BCUT2D eigenvalue weighted by molar-refractivity contribution is -0.141. The summed E-state index contributed by atoms with van der Waals surface area (Å²) in [6, 6.07) is 1.58. The first-order valence-corrected chi connectivity index (χ1v) is 7.24. The molecular formula is C15H21N3O3. The van der Waals surface area contributed by atoms with Crippen LogP contribution in [0.4, 0.5) is 4.79 Å². The number of aliphatic carboxylic acids is 1. The van der Waals surface area contributed by atoms with Gasteiger partial charge in [0.25, 0.3) is 0 Å². The minimum Gasteiger partial charge on any atom is -0.481 e. The molecule has 1 aliphatic heterocycles. The Morgan fingerprint density at radius 1 is 1.57 bits per heavy atom. The maximum atomic E-state index is 12.2. The number of carboxylic acids is 1. The summed E-state index contributed by atoms with van der Waals surface area (Å²) in [7, 11) is 0. The van der Waals surface area contributed by atoms with E-state index in [4.69, 9.17) is 5.11 Å². The fraction of sp³-hybridized carbons (Fsp3) is 0.533. The lowest BCUT2D eigenvalue weighted by atomic mass is 10.0. The summed E-state index contributed by atoms with van der Waals surface area (Å²) in [4.78, 5) is 28.8. The monoisotopic (exact) mass is 291 g/mol. The molecule has 0 aromatic carbocycles. The number of carbonyl (C=O) groups is 2. The third-order valence-corrected chi connectivity index (χ3v) is 3.95. The minimum absolute atomic E-state index is 0.126. The quantitative estimate of drug-likeness (QED) is 0.886. The highest BCUT2D eigenvalue weighted by atomic mass is 16.4. The molecule has 2 N–H and O–H groups in total. The second kappa shape index (κ2) is 6.56. The zero-order chi connectivity index (χ0) is 15.4. The summed E-state index contributed by atoms with van der Waals surface area (Å²) in [5.41, 5.74) is 2.16. The molecule has 2 rings (SSSR count). The zero-order valence-electron chi connectivity index (χ0n) is 12.4. The Hall–Kier alpha value is -2.11. The number of amides is 2. The first-order valence-electron chi connectivity index (χ1n) is 7.24. The number of aryl methyl sites for hydroxylation is 1. The zero-order valence-corrected chi connectivity index (χ0v) is 12.4. The Kier molecular flexibility index (Phi) is 4.77. The number of nitrogens with zero attached hydrogens (tertiary/aromatic N) is 2. The van der Waals surface area contributed by atoms with Crippen LogP contribution in [0, 0.1) is 5.92 Å². The number of hydrogen-bond donors (Lipinski definition) is 2. The van der Waals surface area contributed by atoms with Crippen molar-refractivity contribution in [2.24, 2.45) is 5.92 Å². The predicted molar refractivity (Wildman–Crippen MR) is 77.9 cm³/mol. The van der Waals surface area contributed by atoms with E-state index in [0.29, 0.717) is 13.0 Å². The van der Waals surface area contributed by atoms with Gasteiger partial charge in [-0.3, -0.25) is 9.78 Å². The highest BCUT2D eigenvalue weighted by molar-refractivity contribution is 5.77. The maximum Gasteiger partial charge on any atom is 0.317 e. The lowest BCUT2D eigenvalue weighted by Crippen LogP contribution is -2.40. The highest BCUT2D eigenvalue weighted by Crippen LogP contribution is 2.20. The smallest absolute Gasteiger partial charge is 0.317 e. The standard InChI is InChI=1S/C15H21N3O3/c1-3-11-8-16-6-4-13(11)10(2)17-15(21)18-7-5-12(9-18)14(19)20/h4,6,8,10,12H,3,5,7,9H2,1-2H3,(H,17,21)(H,19,20). The van der Waals surface area contributed by atoms with Gasteiger partial charge in [0, 0.05) is 25.5 Å². The molecule has 114 valence electrons. The van der Waals surface area contributed by atoms with Gasteiger partial charge in [0.1, 0.15) is 0 Å². The van der Waals surface area contributed by atoms with E-state index >= 15 is 0 Å². The third-order valence-electron chi connectivity index (χ3n) is 3.95. The van der Waals surface area contributed by atoms with Gasteiger partial charge in [0.15, 0.2) is 0 Å². The summed E-state index contributed by atoms with van der Waals surface area (Å²) >= 11 is 0. The fourth-order valence-electron chi connectivity index (χ4n) is 2.66. The average molecular weight is 291 g/mol. The van der Waals surface area contributed by atoms with E-state index in [2.05, 4.69) is 10.3 Å². The molecule has 1 saturated heterocycles. The lowest BCUT2D eigenvalue weighted by Gasteiger charge is -2.22. The van der Waals surface area contributed by atoms with Crippen LogP contribution in [-0.4, -0.2) is 40.1 Å². The van der Waals surface area contributed by atoms with Crippen LogP contribution in [0.5, 0.6) is 0 Å². The number of aromatic nitrogens is 1. The van der Waals surface area contributed by atoms with E-state index < -0.39 is 11.9 Å². The van der Waals surface area contributed by atoms with Crippen LogP contribution in [-0.2, 0) is 11.2 Å². The summed E-state index contributed by atoms with van der Waals surface area (Å²) in [6.07, 6.45) is 4.91. The number of urea groups is 1. The van der Waals surface area contributed by atoms with Crippen molar-refractivity contribution in [3.05, 3.63) is 29.6 Å².